The highest BCUT2D eigenvalue weighted by atomic mass is 19.1. The topological polar surface area (TPSA) is 58.6 Å². The monoisotopic (exact) mass is 316 g/mol. The molecule has 0 aliphatic rings. The first-order valence-electron chi connectivity index (χ1n) is 6.96. The zero-order chi connectivity index (χ0) is 16.8. The van der Waals surface area contributed by atoms with E-state index in [1.807, 2.05) is 0 Å². The zero-order valence-corrected chi connectivity index (χ0v) is 12.9. The number of hydrogen-bond acceptors (Lipinski definition) is 3. The van der Waals surface area contributed by atoms with E-state index >= 15 is 0 Å². The molecule has 0 bridgehead atoms. The van der Waals surface area contributed by atoms with Crippen molar-refractivity contribution in [2.75, 3.05) is 26.0 Å². The van der Waals surface area contributed by atoms with Crippen molar-refractivity contribution < 1.29 is 18.7 Å². The van der Waals surface area contributed by atoms with Gasteiger partial charge in [0.05, 0.1) is 11.3 Å². The van der Waals surface area contributed by atoms with Crippen LogP contribution in [0.5, 0.6) is 5.75 Å². The van der Waals surface area contributed by atoms with Gasteiger partial charge in [0.2, 0.25) is 0 Å². The summed E-state index contributed by atoms with van der Waals surface area (Å²) in [7, 11) is 3.27. The predicted molar refractivity (Wildman–Crippen MR) is 85.0 cm³/mol. The summed E-state index contributed by atoms with van der Waals surface area (Å²) in [4.78, 5) is 25.5. The van der Waals surface area contributed by atoms with E-state index < -0.39 is 5.91 Å². The first-order chi connectivity index (χ1) is 11.0. The van der Waals surface area contributed by atoms with Crippen molar-refractivity contribution in [3.8, 4) is 5.75 Å². The molecule has 6 heteroatoms. The van der Waals surface area contributed by atoms with Crippen molar-refractivity contribution in [3.05, 3.63) is 59.9 Å². The Balaban J connectivity index is 2.00. The van der Waals surface area contributed by atoms with Gasteiger partial charge >= 0.3 is 0 Å². The molecule has 0 spiro atoms. The Morgan fingerprint density at radius 3 is 2.39 bits per heavy atom. The number of nitrogens with zero attached hydrogens (tertiary/aromatic N) is 1. The Morgan fingerprint density at radius 1 is 1.09 bits per heavy atom. The van der Waals surface area contributed by atoms with E-state index in [-0.39, 0.29) is 18.3 Å². The minimum absolute atomic E-state index is 0.208. The molecule has 0 saturated heterocycles. The average molecular weight is 316 g/mol. The lowest BCUT2D eigenvalue weighted by molar-refractivity contribution is -0.118. The summed E-state index contributed by atoms with van der Waals surface area (Å²) in [6.07, 6.45) is 0. The molecule has 5 nitrogen and oxygen atoms in total. The van der Waals surface area contributed by atoms with Crippen LogP contribution in [-0.4, -0.2) is 37.4 Å². The van der Waals surface area contributed by atoms with Crippen molar-refractivity contribution in [1.29, 1.82) is 0 Å². The molecule has 0 heterocycles. The summed E-state index contributed by atoms with van der Waals surface area (Å²) in [5, 5.41) is 2.64. The zero-order valence-electron chi connectivity index (χ0n) is 12.9. The predicted octanol–water partition coefficient (Wildman–Crippen LogP) is 2.55. The molecule has 0 atom stereocenters. The average Bonchev–Trinajstić information content (AvgIpc) is 2.54. The van der Waals surface area contributed by atoms with Crippen LogP contribution in [0.3, 0.4) is 0 Å². The molecular formula is C17H17FN2O3. The van der Waals surface area contributed by atoms with Gasteiger partial charge < -0.3 is 15.0 Å². The second kappa shape index (κ2) is 7.40. The number of amides is 2. The highest BCUT2D eigenvalue weighted by Crippen LogP contribution is 2.17. The number of nitrogens with one attached hydrogen (secondary N) is 1. The summed E-state index contributed by atoms with van der Waals surface area (Å²) < 4.78 is 18.1. The molecule has 2 aromatic carbocycles. The molecule has 2 aromatic rings. The lowest BCUT2D eigenvalue weighted by atomic mass is 10.1. The van der Waals surface area contributed by atoms with Crippen LogP contribution >= 0.6 is 0 Å². The number of hydrogen-bond donors (Lipinski definition) is 1. The van der Waals surface area contributed by atoms with E-state index in [1.165, 1.54) is 29.2 Å². The van der Waals surface area contributed by atoms with E-state index in [1.54, 1.807) is 38.4 Å². The van der Waals surface area contributed by atoms with Crippen LogP contribution in [-0.2, 0) is 4.79 Å². The molecule has 2 rings (SSSR count). The van der Waals surface area contributed by atoms with Crippen LogP contribution in [0.1, 0.15) is 10.4 Å². The van der Waals surface area contributed by atoms with Crippen LogP contribution in [0.15, 0.2) is 48.5 Å². The summed E-state index contributed by atoms with van der Waals surface area (Å²) in [6, 6.07) is 12.1. The first kappa shape index (κ1) is 16.5. The summed E-state index contributed by atoms with van der Waals surface area (Å²) in [6.45, 7) is -0.240. The lowest BCUT2D eigenvalue weighted by Crippen LogP contribution is -2.25. The summed E-state index contributed by atoms with van der Waals surface area (Å²) in [5.41, 5.74) is 0.812. The maximum Gasteiger partial charge on any atom is 0.262 e. The van der Waals surface area contributed by atoms with Crippen LogP contribution in [0.25, 0.3) is 0 Å². The van der Waals surface area contributed by atoms with E-state index in [0.717, 1.165) is 0 Å². The van der Waals surface area contributed by atoms with Gasteiger partial charge in [-0.1, -0.05) is 12.1 Å². The van der Waals surface area contributed by atoms with Gasteiger partial charge in [-0.05, 0) is 36.4 Å². The fourth-order valence-electron chi connectivity index (χ4n) is 1.89. The number of para-hydroxylation sites is 1. The van der Waals surface area contributed by atoms with Crippen molar-refractivity contribution in [1.82, 2.24) is 4.90 Å². The van der Waals surface area contributed by atoms with Gasteiger partial charge in [-0.2, -0.15) is 0 Å². The van der Waals surface area contributed by atoms with E-state index in [2.05, 4.69) is 5.32 Å². The van der Waals surface area contributed by atoms with E-state index in [0.29, 0.717) is 17.0 Å². The van der Waals surface area contributed by atoms with Crippen LogP contribution in [0, 0.1) is 5.82 Å². The molecule has 1 N–H and O–H groups in total. The minimum Gasteiger partial charge on any atom is -0.484 e. The highest BCUT2D eigenvalue weighted by Gasteiger charge is 2.14. The van der Waals surface area contributed by atoms with E-state index in [9.17, 15) is 14.0 Å². The fourth-order valence-corrected chi connectivity index (χ4v) is 1.89. The van der Waals surface area contributed by atoms with Crippen LogP contribution < -0.4 is 10.1 Å². The van der Waals surface area contributed by atoms with Gasteiger partial charge in [0, 0.05) is 14.1 Å². The third-order valence-electron chi connectivity index (χ3n) is 3.02. The second-order valence-electron chi connectivity index (χ2n) is 5.04. The molecule has 0 aliphatic carbocycles. The van der Waals surface area contributed by atoms with Crippen molar-refractivity contribution in [3.63, 3.8) is 0 Å². The van der Waals surface area contributed by atoms with Crippen LogP contribution in [0.2, 0.25) is 0 Å². The van der Waals surface area contributed by atoms with Gasteiger partial charge in [-0.3, -0.25) is 9.59 Å². The number of anilines is 1. The van der Waals surface area contributed by atoms with Gasteiger partial charge in [0.1, 0.15) is 11.6 Å². The molecule has 0 saturated carbocycles. The van der Waals surface area contributed by atoms with Crippen molar-refractivity contribution in [2.45, 2.75) is 0 Å². The SMILES string of the molecule is CN(C)C(=O)c1ccccc1NC(=O)COc1ccc(F)cc1. The summed E-state index contributed by atoms with van der Waals surface area (Å²) in [5.74, 6) is -0.606. The molecule has 0 fully saturated rings. The Bertz CT molecular complexity index is 699. The molecule has 0 aromatic heterocycles. The van der Waals surface area contributed by atoms with Gasteiger partial charge in [-0.25, -0.2) is 4.39 Å². The summed E-state index contributed by atoms with van der Waals surface area (Å²) >= 11 is 0. The molecule has 0 radical (unpaired) electrons. The Kier molecular flexibility index (Phi) is 5.30. The first-order valence-corrected chi connectivity index (χ1v) is 6.96. The molecular weight excluding hydrogens is 299 g/mol. The van der Waals surface area contributed by atoms with Gasteiger partial charge in [-0.15, -0.1) is 0 Å². The van der Waals surface area contributed by atoms with Crippen molar-refractivity contribution >= 4 is 17.5 Å². The number of carbonyl (C=O) groups excluding carboxylic acids is 2. The van der Waals surface area contributed by atoms with Gasteiger partial charge in [0.25, 0.3) is 11.8 Å². The quantitative estimate of drug-likeness (QED) is 0.922. The molecule has 0 aliphatic heterocycles. The van der Waals surface area contributed by atoms with Crippen LogP contribution in [0.4, 0.5) is 10.1 Å². The fraction of sp³-hybridized carbons (Fsp3) is 0.176. The Morgan fingerprint density at radius 2 is 1.74 bits per heavy atom. The molecule has 120 valence electrons. The highest BCUT2D eigenvalue weighted by molar-refractivity contribution is 6.03. The lowest BCUT2D eigenvalue weighted by Gasteiger charge is -2.14. The maximum absolute atomic E-state index is 12.8. The number of halogens is 1. The number of benzene rings is 2. The smallest absolute Gasteiger partial charge is 0.262 e. The molecule has 23 heavy (non-hydrogen) atoms. The van der Waals surface area contributed by atoms with Gasteiger partial charge in [0.15, 0.2) is 6.61 Å². The van der Waals surface area contributed by atoms with Crippen molar-refractivity contribution in [2.24, 2.45) is 0 Å². The number of carbonyl (C=O) groups is 2. The minimum atomic E-state index is -0.409. The Labute approximate surface area is 133 Å². The maximum atomic E-state index is 12.8. The Hall–Kier alpha value is -2.89. The third-order valence-corrected chi connectivity index (χ3v) is 3.02. The standard InChI is InChI=1S/C17H17FN2O3/c1-20(2)17(22)14-5-3-4-6-15(14)19-16(21)11-23-13-9-7-12(18)8-10-13/h3-10H,11H2,1-2H3,(H,19,21). The third kappa shape index (κ3) is 4.54. The molecule has 0 unspecified atom stereocenters. The van der Waals surface area contributed by atoms with E-state index in [4.69, 9.17) is 4.74 Å². The normalized spacial score (nSPS) is 10.0. The largest absolute Gasteiger partial charge is 0.484 e. The number of ether oxygens (including phenoxy) is 1. The second-order valence-corrected chi connectivity index (χ2v) is 5.04. The molecule has 2 amide bonds. The number of rotatable bonds is 5.